The fraction of sp³-hybridized carbons (Fsp3) is 0.333. The average molecular weight is 307 g/mol. The minimum Gasteiger partial charge on any atom is -0.366 e. The summed E-state index contributed by atoms with van der Waals surface area (Å²) in [6, 6.07) is 4.33. The van der Waals surface area contributed by atoms with E-state index in [1.165, 1.54) is 17.0 Å². The molecule has 1 aromatic carbocycles. The quantitative estimate of drug-likeness (QED) is 0.862. The molecule has 1 unspecified atom stereocenters. The van der Waals surface area contributed by atoms with Crippen LogP contribution in [-0.2, 0) is 13.0 Å². The molecule has 0 aliphatic heterocycles. The molecule has 0 radical (unpaired) electrons. The molecule has 1 atom stereocenters. The Balaban J connectivity index is 2.00. The van der Waals surface area contributed by atoms with Gasteiger partial charge in [0.05, 0.1) is 6.04 Å². The van der Waals surface area contributed by atoms with Gasteiger partial charge in [-0.05, 0) is 25.5 Å². The van der Waals surface area contributed by atoms with Crippen molar-refractivity contribution in [3.63, 3.8) is 0 Å². The van der Waals surface area contributed by atoms with Crippen molar-refractivity contribution in [2.24, 2.45) is 5.73 Å². The molecule has 0 saturated heterocycles. The molecular weight excluding hydrogens is 289 g/mol. The molecule has 3 N–H and O–H groups in total. The van der Waals surface area contributed by atoms with Crippen LogP contribution in [0.5, 0.6) is 0 Å². The zero-order chi connectivity index (χ0) is 15.4. The SMILES string of the molecule is CCc1cnc(C(C)NCc2ccc(C(N)=O)cc2F)s1. The number of carbonyl (C=O) groups excluding carboxylic acids is 1. The monoisotopic (exact) mass is 307 g/mol. The number of nitrogens with two attached hydrogens (primary N) is 1. The van der Waals surface area contributed by atoms with Crippen LogP contribution in [-0.4, -0.2) is 10.9 Å². The van der Waals surface area contributed by atoms with Crippen molar-refractivity contribution in [1.82, 2.24) is 10.3 Å². The molecule has 0 aliphatic rings. The van der Waals surface area contributed by atoms with Gasteiger partial charge in [-0.3, -0.25) is 4.79 Å². The molecular formula is C15H18FN3OS. The van der Waals surface area contributed by atoms with Crippen LogP contribution in [0.1, 0.15) is 45.7 Å². The molecule has 0 saturated carbocycles. The highest BCUT2D eigenvalue weighted by Gasteiger charge is 2.12. The summed E-state index contributed by atoms with van der Waals surface area (Å²) in [5.41, 5.74) is 5.80. The molecule has 1 amide bonds. The third-order valence-electron chi connectivity index (χ3n) is 3.23. The summed E-state index contributed by atoms with van der Waals surface area (Å²) in [4.78, 5) is 16.6. The number of thiazole rings is 1. The minimum atomic E-state index is -0.628. The summed E-state index contributed by atoms with van der Waals surface area (Å²) in [5.74, 6) is -1.06. The second-order valence-electron chi connectivity index (χ2n) is 4.79. The first-order chi connectivity index (χ1) is 10.0. The highest BCUT2D eigenvalue weighted by molar-refractivity contribution is 7.11. The summed E-state index contributed by atoms with van der Waals surface area (Å²) in [5, 5.41) is 4.22. The fourth-order valence-electron chi connectivity index (χ4n) is 1.88. The number of carbonyl (C=O) groups is 1. The van der Waals surface area contributed by atoms with Crippen LogP contribution in [0, 0.1) is 5.82 Å². The van der Waals surface area contributed by atoms with Gasteiger partial charge in [-0.15, -0.1) is 11.3 Å². The van der Waals surface area contributed by atoms with Gasteiger partial charge in [0.25, 0.3) is 0 Å². The van der Waals surface area contributed by atoms with Crippen LogP contribution >= 0.6 is 11.3 Å². The maximum Gasteiger partial charge on any atom is 0.248 e. The van der Waals surface area contributed by atoms with Gasteiger partial charge in [0.15, 0.2) is 0 Å². The van der Waals surface area contributed by atoms with E-state index in [0.717, 1.165) is 11.4 Å². The Kier molecular flexibility index (Phi) is 5.03. The molecule has 21 heavy (non-hydrogen) atoms. The van der Waals surface area contributed by atoms with Gasteiger partial charge in [0.1, 0.15) is 10.8 Å². The Bertz CT molecular complexity index is 642. The van der Waals surface area contributed by atoms with Crippen molar-refractivity contribution >= 4 is 17.2 Å². The Morgan fingerprint density at radius 2 is 2.29 bits per heavy atom. The number of benzene rings is 1. The number of hydrogen-bond donors (Lipinski definition) is 2. The van der Waals surface area contributed by atoms with Crippen molar-refractivity contribution in [2.75, 3.05) is 0 Å². The maximum atomic E-state index is 13.9. The lowest BCUT2D eigenvalue weighted by atomic mass is 10.1. The second-order valence-corrected chi connectivity index (χ2v) is 5.94. The van der Waals surface area contributed by atoms with Crippen molar-refractivity contribution < 1.29 is 9.18 Å². The lowest BCUT2D eigenvalue weighted by Gasteiger charge is -2.12. The Morgan fingerprint density at radius 1 is 1.52 bits per heavy atom. The zero-order valence-corrected chi connectivity index (χ0v) is 12.8. The molecule has 6 heteroatoms. The number of aryl methyl sites for hydroxylation is 1. The third-order valence-corrected chi connectivity index (χ3v) is 4.55. The number of nitrogens with one attached hydrogen (secondary N) is 1. The molecule has 1 aromatic heterocycles. The van der Waals surface area contributed by atoms with E-state index in [9.17, 15) is 9.18 Å². The number of amides is 1. The first-order valence-corrected chi connectivity index (χ1v) is 7.59. The molecule has 2 aromatic rings. The van der Waals surface area contributed by atoms with Crippen molar-refractivity contribution in [3.8, 4) is 0 Å². The summed E-state index contributed by atoms with van der Waals surface area (Å²) in [6.45, 7) is 4.45. The van der Waals surface area contributed by atoms with Crippen molar-refractivity contribution in [3.05, 3.63) is 51.2 Å². The Labute approximate surface area is 127 Å². The summed E-state index contributed by atoms with van der Waals surface area (Å²) in [7, 11) is 0. The van der Waals surface area contributed by atoms with E-state index in [1.807, 2.05) is 13.1 Å². The van der Waals surface area contributed by atoms with E-state index in [4.69, 9.17) is 5.73 Å². The van der Waals surface area contributed by atoms with E-state index in [2.05, 4.69) is 17.2 Å². The van der Waals surface area contributed by atoms with E-state index in [-0.39, 0.29) is 11.6 Å². The lowest BCUT2D eigenvalue weighted by molar-refractivity contribution is 0.1000. The average Bonchev–Trinajstić information content (AvgIpc) is 2.94. The van der Waals surface area contributed by atoms with Crippen LogP contribution in [0.4, 0.5) is 4.39 Å². The van der Waals surface area contributed by atoms with Crippen LogP contribution in [0.15, 0.2) is 24.4 Å². The van der Waals surface area contributed by atoms with Gasteiger partial charge in [-0.2, -0.15) is 0 Å². The van der Waals surface area contributed by atoms with E-state index in [0.29, 0.717) is 12.1 Å². The summed E-state index contributed by atoms with van der Waals surface area (Å²) in [6.07, 6.45) is 2.84. The van der Waals surface area contributed by atoms with E-state index < -0.39 is 11.7 Å². The van der Waals surface area contributed by atoms with Crippen molar-refractivity contribution in [2.45, 2.75) is 32.9 Å². The minimum absolute atomic E-state index is 0.0468. The number of aromatic nitrogens is 1. The van der Waals surface area contributed by atoms with Gasteiger partial charge in [-0.1, -0.05) is 13.0 Å². The normalized spacial score (nSPS) is 12.3. The molecule has 0 aliphatic carbocycles. The van der Waals surface area contributed by atoms with Crippen molar-refractivity contribution in [1.29, 1.82) is 0 Å². The Hall–Kier alpha value is -1.79. The number of hydrogen-bond acceptors (Lipinski definition) is 4. The second kappa shape index (κ2) is 6.78. The highest BCUT2D eigenvalue weighted by atomic mass is 32.1. The Morgan fingerprint density at radius 3 is 2.86 bits per heavy atom. The number of halogens is 1. The largest absolute Gasteiger partial charge is 0.366 e. The molecule has 0 spiro atoms. The topological polar surface area (TPSA) is 68.0 Å². The van der Waals surface area contributed by atoms with Crippen LogP contribution < -0.4 is 11.1 Å². The highest BCUT2D eigenvalue weighted by Crippen LogP contribution is 2.21. The first-order valence-electron chi connectivity index (χ1n) is 6.77. The van der Waals surface area contributed by atoms with Gasteiger partial charge in [-0.25, -0.2) is 9.37 Å². The smallest absolute Gasteiger partial charge is 0.248 e. The number of primary amides is 1. The number of nitrogens with zero attached hydrogens (tertiary/aromatic N) is 1. The van der Waals surface area contributed by atoms with Crippen LogP contribution in [0.25, 0.3) is 0 Å². The van der Waals surface area contributed by atoms with E-state index >= 15 is 0 Å². The predicted octanol–water partition coefficient (Wildman–Crippen LogP) is 2.79. The molecule has 1 heterocycles. The molecule has 0 fully saturated rings. The standard InChI is InChI=1S/C15H18FN3OS/c1-3-12-8-19-15(21-12)9(2)18-7-11-5-4-10(14(17)20)6-13(11)16/h4-6,8-9,18H,3,7H2,1-2H3,(H2,17,20). The molecule has 0 bridgehead atoms. The van der Waals surface area contributed by atoms with Crippen LogP contribution in [0.3, 0.4) is 0 Å². The summed E-state index contributed by atoms with van der Waals surface area (Å²) < 4.78 is 13.9. The van der Waals surface area contributed by atoms with Gasteiger partial charge in [0.2, 0.25) is 5.91 Å². The molecule has 112 valence electrons. The first kappa shape index (κ1) is 15.6. The van der Waals surface area contributed by atoms with Gasteiger partial charge in [0, 0.05) is 28.7 Å². The lowest BCUT2D eigenvalue weighted by Crippen LogP contribution is -2.19. The number of rotatable bonds is 6. The molecule has 2 rings (SSSR count). The van der Waals surface area contributed by atoms with E-state index in [1.54, 1.807) is 17.4 Å². The zero-order valence-electron chi connectivity index (χ0n) is 12.0. The summed E-state index contributed by atoms with van der Waals surface area (Å²) >= 11 is 1.66. The third kappa shape index (κ3) is 3.86. The van der Waals surface area contributed by atoms with Gasteiger partial charge < -0.3 is 11.1 Å². The maximum absolute atomic E-state index is 13.9. The predicted molar refractivity (Wildman–Crippen MR) is 81.7 cm³/mol. The molecule has 4 nitrogen and oxygen atoms in total. The fourth-order valence-corrected chi connectivity index (χ4v) is 2.76. The van der Waals surface area contributed by atoms with Crippen LogP contribution in [0.2, 0.25) is 0 Å². The van der Waals surface area contributed by atoms with Gasteiger partial charge >= 0.3 is 0 Å².